The number of nitrogens with zero attached hydrogens (tertiary/aromatic N) is 2. The van der Waals surface area contributed by atoms with Crippen molar-refractivity contribution < 1.29 is 13.2 Å². The van der Waals surface area contributed by atoms with E-state index in [9.17, 15) is 13.2 Å². The minimum Gasteiger partial charge on any atom is -0.300 e. The summed E-state index contributed by atoms with van der Waals surface area (Å²) in [6, 6.07) is 0.0153. The summed E-state index contributed by atoms with van der Waals surface area (Å²) in [5.41, 5.74) is -0.572. The summed E-state index contributed by atoms with van der Waals surface area (Å²) in [6.07, 6.45) is 1.71. The van der Waals surface area contributed by atoms with Crippen LogP contribution in [-0.2, 0) is 14.8 Å². The van der Waals surface area contributed by atoms with E-state index in [0.29, 0.717) is 0 Å². The normalized spacial score (nSPS) is 16.4. The lowest BCUT2D eigenvalue weighted by Gasteiger charge is -2.15. The average molecular weight is 304 g/mol. The van der Waals surface area contributed by atoms with Crippen molar-refractivity contribution in [3.8, 4) is 0 Å². The van der Waals surface area contributed by atoms with Gasteiger partial charge in [-0.3, -0.25) is 4.79 Å². The number of sulfonamides is 1. The molecule has 7 nitrogen and oxygen atoms in total. The summed E-state index contributed by atoms with van der Waals surface area (Å²) in [5.74, 6) is -0.234. The molecule has 2 N–H and O–H groups in total. The molecule has 1 aromatic heterocycles. The first-order valence-electron chi connectivity index (χ1n) is 5.86. The van der Waals surface area contributed by atoms with E-state index in [-0.39, 0.29) is 21.4 Å². The van der Waals surface area contributed by atoms with Crippen molar-refractivity contribution in [1.29, 1.82) is 0 Å². The summed E-state index contributed by atoms with van der Waals surface area (Å²) in [4.78, 5) is 11.7. The Bertz CT molecular complexity index is 584. The highest BCUT2D eigenvalue weighted by Gasteiger charge is 2.31. The summed E-state index contributed by atoms with van der Waals surface area (Å²) < 4.78 is 26.1. The number of hydrogen-bond acceptors (Lipinski definition) is 6. The van der Waals surface area contributed by atoms with E-state index < -0.39 is 15.4 Å². The molecule has 0 radical (unpaired) electrons. The van der Waals surface area contributed by atoms with E-state index in [1.165, 1.54) is 0 Å². The summed E-state index contributed by atoms with van der Waals surface area (Å²) >= 11 is 0.849. The van der Waals surface area contributed by atoms with Crippen LogP contribution in [0.2, 0.25) is 0 Å². The summed E-state index contributed by atoms with van der Waals surface area (Å²) in [6.45, 7) is 5.28. The molecule has 0 unspecified atom stereocenters. The van der Waals surface area contributed by atoms with Crippen molar-refractivity contribution in [2.75, 3.05) is 5.32 Å². The van der Waals surface area contributed by atoms with Crippen LogP contribution in [-0.4, -0.2) is 30.6 Å². The first-order chi connectivity index (χ1) is 8.68. The lowest BCUT2D eigenvalue weighted by molar-refractivity contribution is -0.123. The van der Waals surface area contributed by atoms with Gasteiger partial charge in [-0.05, 0) is 12.8 Å². The van der Waals surface area contributed by atoms with Crippen molar-refractivity contribution in [2.45, 2.75) is 44.0 Å². The Labute approximate surface area is 115 Å². The Morgan fingerprint density at radius 2 is 1.95 bits per heavy atom. The second kappa shape index (κ2) is 4.80. The molecule has 0 spiro atoms. The third-order valence-corrected chi connectivity index (χ3v) is 5.16. The maximum absolute atomic E-state index is 11.9. The lowest BCUT2D eigenvalue weighted by Crippen LogP contribution is -2.27. The molecule has 1 aromatic rings. The molecule has 9 heteroatoms. The number of rotatable bonds is 4. The average Bonchev–Trinajstić information content (AvgIpc) is 2.92. The zero-order valence-corrected chi connectivity index (χ0v) is 12.6. The van der Waals surface area contributed by atoms with Crippen LogP contribution < -0.4 is 10.0 Å². The Morgan fingerprint density at radius 1 is 1.32 bits per heavy atom. The minimum atomic E-state index is -3.60. The molecule has 0 bridgehead atoms. The molecule has 106 valence electrons. The maximum atomic E-state index is 11.9. The fraction of sp³-hybridized carbons (Fsp3) is 0.700. The van der Waals surface area contributed by atoms with Crippen molar-refractivity contribution in [3.05, 3.63) is 0 Å². The van der Waals surface area contributed by atoms with Crippen molar-refractivity contribution in [1.82, 2.24) is 14.9 Å². The van der Waals surface area contributed by atoms with Crippen LogP contribution in [0.4, 0.5) is 5.13 Å². The zero-order chi connectivity index (χ0) is 14.3. The number of amides is 1. The molecule has 2 rings (SSSR count). The van der Waals surface area contributed by atoms with Crippen LogP contribution in [0.15, 0.2) is 4.34 Å². The molecule has 1 saturated carbocycles. The largest absolute Gasteiger partial charge is 0.300 e. The van der Waals surface area contributed by atoms with E-state index in [0.717, 1.165) is 24.2 Å². The van der Waals surface area contributed by atoms with Gasteiger partial charge < -0.3 is 5.32 Å². The smallest absolute Gasteiger partial charge is 0.270 e. The summed E-state index contributed by atoms with van der Waals surface area (Å²) in [7, 11) is -3.60. The zero-order valence-electron chi connectivity index (χ0n) is 10.9. The monoisotopic (exact) mass is 304 g/mol. The molecule has 1 aliphatic rings. The van der Waals surface area contributed by atoms with E-state index in [1.807, 2.05) is 0 Å². The van der Waals surface area contributed by atoms with Gasteiger partial charge in [0, 0.05) is 11.5 Å². The van der Waals surface area contributed by atoms with Crippen LogP contribution in [0, 0.1) is 5.41 Å². The van der Waals surface area contributed by atoms with Crippen LogP contribution in [0.1, 0.15) is 33.6 Å². The van der Waals surface area contributed by atoms with Gasteiger partial charge in [-0.1, -0.05) is 32.1 Å². The molecule has 1 fully saturated rings. The van der Waals surface area contributed by atoms with E-state index >= 15 is 0 Å². The van der Waals surface area contributed by atoms with Crippen molar-refractivity contribution >= 4 is 32.4 Å². The molecule has 1 aliphatic carbocycles. The molecule has 19 heavy (non-hydrogen) atoms. The van der Waals surface area contributed by atoms with Gasteiger partial charge >= 0.3 is 0 Å². The van der Waals surface area contributed by atoms with Crippen molar-refractivity contribution in [3.63, 3.8) is 0 Å². The Kier molecular flexibility index (Phi) is 3.63. The first kappa shape index (κ1) is 14.4. The van der Waals surface area contributed by atoms with Crippen LogP contribution in [0.3, 0.4) is 0 Å². The molecule has 0 aromatic carbocycles. The van der Waals surface area contributed by atoms with E-state index in [1.54, 1.807) is 20.8 Å². The van der Waals surface area contributed by atoms with Gasteiger partial charge in [0.25, 0.3) is 10.0 Å². The molecular formula is C10H16N4O3S2. The predicted molar refractivity (Wildman–Crippen MR) is 71.3 cm³/mol. The predicted octanol–water partition coefficient (Wildman–Crippen LogP) is 0.963. The molecule has 0 saturated heterocycles. The van der Waals surface area contributed by atoms with Gasteiger partial charge in [-0.2, -0.15) is 0 Å². The van der Waals surface area contributed by atoms with E-state index in [4.69, 9.17) is 0 Å². The first-order valence-corrected chi connectivity index (χ1v) is 8.16. The Balaban J connectivity index is 2.08. The standard InChI is InChI=1S/C10H16N4O3S2/c1-10(2,3)7(15)11-8-12-13-9(18-8)19(16,17)14-6-4-5-6/h6,14H,4-5H2,1-3H3,(H,11,12,15). The van der Waals surface area contributed by atoms with Crippen LogP contribution in [0.25, 0.3) is 0 Å². The minimum absolute atomic E-state index is 0.0153. The maximum Gasteiger partial charge on any atom is 0.270 e. The highest BCUT2D eigenvalue weighted by atomic mass is 32.2. The Morgan fingerprint density at radius 3 is 2.47 bits per heavy atom. The Hall–Kier alpha value is -1.06. The third kappa shape index (κ3) is 3.71. The van der Waals surface area contributed by atoms with Gasteiger partial charge in [-0.15, -0.1) is 10.2 Å². The fourth-order valence-corrected chi connectivity index (χ4v) is 3.34. The van der Waals surface area contributed by atoms with Gasteiger partial charge in [0.1, 0.15) is 0 Å². The second-order valence-electron chi connectivity index (χ2n) is 5.47. The summed E-state index contributed by atoms with van der Waals surface area (Å²) in [5, 5.41) is 10.0. The molecule has 0 aliphatic heterocycles. The SMILES string of the molecule is CC(C)(C)C(=O)Nc1nnc(S(=O)(=O)NC2CC2)s1. The quantitative estimate of drug-likeness (QED) is 0.807. The lowest BCUT2D eigenvalue weighted by atomic mass is 9.96. The molecule has 1 amide bonds. The highest BCUT2D eigenvalue weighted by molar-refractivity contribution is 7.91. The number of anilines is 1. The molecule has 1 heterocycles. The fourth-order valence-electron chi connectivity index (χ4n) is 1.12. The number of carbonyl (C=O) groups is 1. The van der Waals surface area contributed by atoms with E-state index in [2.05, 4.69) is 20.2 Å². The molecular weight excluding hydrogens is 288 g/mol. The number of carbonyl (C=O) groups excluding carboxylic acids is 1. The van der Waals surface area contributed by atoms with Gasteiger partial charge in [0.2, 0.25) is 15.4 Å². The number of nitrogens with one attached hydrogen (secondary N) is 2. The van der Waals surface area contributed by atoms with Crippen LogP contribution in [0.5, 0.6) is 0 Å². The van der Waals surface area contributed by atoms with Gasteiger partial charge in [0.15, 0.2) is 0 Å². The molecule has 0 atom stereocenters. The van der Waals surface area contributed by atoms with Gasteiger partial charge in [0.05, 0.1) is 0 Å². The second-order valence-corrected chi connectivity index (χ2v) is 8.34. The topological polar surface area (TPSA) is 101 Å². The van der Waals surface area contributed by atoms with Crippen molar-refractivity contribution in [2.24, 2.45) is 5.41 Å². The third-order valence-electron chi connectivity index (χ3n) is 2.44. The van der Waals surface area contributed by atoms with Crippen LogP contribution >= 0.6 is 11.3 Å². The highest BCUT2D eigenvalue weighted by Crippen LogP contribution is 2.26. The number of hydrogen-bond donors (Lipinski definition) is 2. The van der Waals surface area contributed by atoms with Gasteiger partial charge in [-0.25, -0.2) is 13.1 Å². The number of aromatic nitrogens is 2.